The second-order valence-electron chi connectivity index (χ2n) is 7.83. The fraction of sp³-hybridized carbons (Fsp3) is 0.571. The second kappa shape index (κ2) is 9.53. The first kappa shape index (κ1) is 20.9. The van der Waals surface area contributed by atoms with E-state index >= 15 is 0 Å². The van der Waals surface area contributed by atoms with E-state index in [1.165, 1.54) is 6.42 Å². The number of hydrogen-bond donors (Lipinski definition) is 3. The molecule has 0 aliphatic heterocycles. The predicted molar refractivity (Wildman–Crippen MR) is 105 cm³/mol. The highest BCUT2D eigenvalue weighted by Crippen LogP contribution is 2.24. The minimum absolute atomic E-state index is 0.0161. The first-order valence-corrected chi connectivity index (χ1v) is 9.77. The molecule has 3 amide bonds. The molecule has 1 aromatic rings. The molecule has 0 spiro atoms. The van der Waals surface area contributed by atoms with E-state index in [-0.39, 0.29) is 23.7 Å². The lowest BCUT2D eigenvalue weighted by Crippen LogP contribution is -2.55. The summed E-state index contributed by atoms with van der Waals surface area (Å²) < 4.78 is 0. The molecule has 3 N–H and O–H groups in total. The SMILES string of the molecule is Cc1ccc(C(=O)NNC(=O)C(NC(=O)C2CCCCC2)C(C)C)c(C)c1. The van der Waals surface area contributed by atoms with Gasteiger partial charge in [0.2, 0.25) is 5.91 Å². The Kier molecular flexibility index (Phi) is 7.39. The standard InChI is InChI=1S/C21H31N3O3/c1-13(2)18(22-19(25)16-8-6-5-7-9-16)21(27)24-23-20(26)17-11-10-14(3)12-15(17)4/h10-13,16,18H,5-9H2,1-4H3,(H,22,25)(H,23,26)(H,24,27). The first-order valence-electron chi connectivity index (χ1n) is 9.77. The molecule has 1 atom stereocenters. The molecule has 1 aliphatic carbocycles. The summed E-state index contributed by atoms with van der Waals surface area (Å²) in [5.74, 6) is -0.952. The third kappa shape index (κ3) is 5.81. The highest BCUT2D eigenvalue weighted by molar-refractivity contribution is 5.97. The van der Waals surface area contributed by atoms with Gasteiger partial charge >= 0.3 is 0 Å². The summed E-state index contributed by atoms with van der Waals surface area (Å²) in [6, 6.07) is 4.82. The number of hydrazine groups is 1. The van der Waals surface area contributed by atoms with Crippen LogP contribution in [0.4, 0.5) is 0 Å². The molecule has 6 heteroatoms. The number of hydrogen-bond acceptors (Lipinski definition) is 3. The molecule has 1 saturated carbocycles. The average Bonchev–Trinajstić information content (AvgIpc) is 2.64. The molecule has 1 aliphatic rings. The Morgan fingerprint density at radius 1 is 1.00 bits per heavy atom. The van der Waals surface area contributed by atoms with Crippen molar-refractivity contribution in [2.75, 3.05) is 0 Å². The molecule has 1 aromatic carbocycles. The maximum absolute atomic E-state index is 12.5. The summed E-state index contributed by atoms with van der Waals surface area (Å²) in [5, 5.41) is 2.87. The number of amides is 3. The fourth-order valence-corrected chi connectivity index (χ4v) is 3.50. The van der Waals surface area contributed by atoms with Crippen molar-refractivity contribution in [2.45, 2.75) is 65.8 Å². The molecule has 0 aromatic heterocycles. The van der Waals surface area contributed by atoms with E-state index in [9.17, 15) is 14.4 Å². The van der Waals surface area contributed by atoms with Crippen molar-refractivity contribution in [2.24, 2.45) is 11.8 Å². The van der Waals surface area contributed by atoms with Crippen molar-refractivity contribution in [1.82, 2.24) is 16.2 Å². The van der Waals surface area contributed by atoms with Gasteiger partial charge in [0, 0.05) is 11.5 Å². The zero-order valence-electron chi connectivity index (χ0n) is 16.7. The van der Waals surface area contributed by atoms with Crippen LogP contribution in [0.25, 0.3) is 0 Å². The van der Waals surface area contributed by atoms with E-state index in [0.717, 1.165) is 36.8 Å². The van der Waals surface area contributed by atoms with Crippen LogP contribution in [0.3, 0.4) is 0 Å². The molecule has 1 fully saturated rings. The average molecular weight is 373 g/mol. The van der Waals surface area contributed by atoms with Crippen LogP contribution in [0.2, 0.25) is 0 Å². The van der Waals surface area contributed by atoms with Crippen LogP contribution in [-0.2, 0) is 9.59 Å². The van der Waals surface area contributed by atoms with Gasteiger partial charge in [-0.05, 0) is 44.2 Å². The van der Waals surface area contributed by atoms with E-state index < -0.39 is 11.9 Å². The fourth-order valence-electron chi connectivity index (χ4n) is 3.50. The molecule has 0 heterocycles. The largest absolute Gasteiger partial charge is 0.344 e. The molecule has 0 saturated heterocycles. The van der Waals surface area contributed by atoms with Crippen LogP contribution in [0.5, 0.6) is 0 Å². The van der Waals surface area contributed by atoms with Gasteiger partial charge in [-0.2, -0.15) is 0 Å². The van der Waals surface area contributed by atoms with Crippen LogP contribution in [0.1, 0.15) is 67.4 Å². The number of carbonyl (C=O) groups is 3. The van der Waals surface area contributed by atoms with Gasteiger partial charge in [-0.3, -0.25) is 25.2 Å². The van der Waals surface area contributed by atoms with E-state index in [2.05, 4.69) is 16.2 Å². The monoisotopic (exact) mass is 373 g/mol. The summed E-state index contributed by atoms with van der Waals surface area (Å²) >= 11 is 0. The predicted octanol–water partition coefficient (Wildman–Crippen LogP) is 2.79. The molecule has 6 nitrogen and oxygen atoms in total. The smallest absolute Gasteiger partial charge is 0.269 e. The summed E-state index contributed by atoms with van der Waals surface area (Å²) in [4.78, 5) is 37.3. The molecule has 0 radical (unpaired) electrons. The number of aryl methyl sites for hydroxylation is 2. The number of nitrogens with one attached hydrogen (secondary N) is 3. The van der Waals surface area contributed by atoms with Crippen molar-refractivity contribution in [3.8, 4) is 0 Å². The molecule has 0 bridgehead atoms. The van der Waals surface area contributed by atoms with Crippen molar-refractivity contribution in [3.63, 3.8) is 0 Å². The van der Waals surface area contributed by atoms with Gasteiger partial charge in [-0.15, -0.1) is 0 Å². The Morgan fingerprint density at radius 2 is 1.67 bits per heavy atom. The number of rotatable bonds is 5. The zero-order chi connectivity index (χ0) is 20.0. The maximum atomic E-state index is 12.5. The Labute approximate surface area is 161 Å². The van der Waals surface area contributed by atoms with Gasteiger partial charge in [0.25, 0.3) is 11.8 Å². The van der Waals surface area contributed by atoms with Gasteiger partial charge in [0.1, 0.15) is 6.04 Å². The molecular formula is C21H31N3O3. The zero-order valence-corrected chi connectivity index (χ0v) is 16.7. The van der Waals surface area contributed by atoms with Gasteiger partial charge in [0.05, 0.1) is 0 Å². The Morgan fingerprint density at radius 3 is 2.26 bits per heavy atom. The molecule has 148 valence electrons. The van der Waals surface area contributed by atoms with E-state index in [0.29, 0.717) is 5.56 Å². The quantitative estimate of drug-likeness (QED) is 0.694. The van der Waals surface area contributed by atoms with E-state index in [4.69, 9.17) is 0 Å². The van der Waals surface area contributed by atoms with Crippen molar-refractivity contribution < 1.29 is 14.4 Å². The Hall–Kier alpha value is -2.37. The van der Waals surface area contributed by atoms with E-state index in [1.54, 1.807) is 6.07 Å². The van der Waals surface area contributed by atoms with Crippen molar-refractivity contribution in [3.05, 3.63) is 34.9 Å². The number of benzene rings is 1. The topological polar surface area (TPSA) is 87.3 Å². The highest BCUT2D eigenvalue weighted by atomic mass is 16.2. The van der Waals surface area contributed by atoms with Crippen molar-refractivity contribution >= 4 is 17.7 Å². The number of carbonyl (C=O) groups excluding carboxylic acids is 3. The van der Waals surface area contributed by atoms with Crippen LogP contribution in [0.15, 0.2) is 18.2 Å². The Bertz CT molecular complexity index is 694. The maximum Gasteiger partial charge on any atom is 0.269 e. The second-order valence-corrected chi connectivity index (χ2v) is 7.83. The lowest BCUT2D eigenvalue weighted by atomic mass is 9.88. The minimum atomic E-state index is -0.682. The highest BCUT2D eigenvalue weighted by Gasteiger charge is 2.28. The van der Waals surface area contributed by atoms with E-state index in [1.807, 2.05) is 39.8 Å². The summed E-state index contributed by atoms with van der Waals surface area (Å²) in [6.45, 7) is 7.55. The van der Waals surface area contributed by atoms with Gasteiger partial charge in [-0.25, -0.2) is 0 Å². The molecular weight excluding hydrogens is 342 g/mol. The molecule has 1 unspecified atom stereocenters. The van der Waals surface area contributed by atoms with Crippen LogP contribution >= 0.6 is 0 Å². The van der Waals surface area contributed by atoms with Crippen molar-refractivity contribution in [1.29, 1.82) is 0 Å². The van der Waals surface area contributed by atoms with Gasteiger partial charge in [0.15, 0.2) is 0 Å². The third-order valence-electron chi connectivity index (χ3n) is 5.15. The van der Waals surface area contributed by atoms with Gasteiger partial charge in [-0.1, -0.05) is 50.8 Å². The lowest BCUT2D eigenvalue weighted by molar-refractivity contribution is -0.133. The third-order valence-corrected chi connectivity index (χ3v) is 5.15. The molecule has 27 heavy (non-hydrogen) atoms. The first-order chi connectivity index (χ1) is 12.8. The summed E-state index contributed by atoms with van der Waals surface area (Å²) in [5.41, 5.74) is 7.33. The summed E-state index contributed by atoms with van der Waals surface area (Å²) in [7, 11) is 0. The normalized spacial score (nSPS) is 15.9. The molecule has 2 rings (SSSR count). The van der Waals surface area contributed by atoms with Gasteiger partial charge < -0.3 is 5.32 Å². The van der Waals surface area contributed by atoms with Crippen LogP contribution in [-0.4, -0.2) is 23.8 Å². The summed E-state index contributed by atoms with van der Waals surface area (Å²) in [6.07, 6.45) is 5.04. The van der Waals surface area contributed by atoms with Crippen LogP contribution in [0, 0.1) is 25.7 Å². The van der Waals surface area contributed by atoms with Crippen LogP contribution < -0.4 is 16.2 Å². The Balaban J connectivity index is 1.94. The minimum Gasteiger partial charge on any atom is -0.344 e. The lowest BCUT2D eigenvalue weighted by Gasteiger charge is -2.26.